The van der Waals surface area contributed by atoms with Crippen LogP contribution in [0.2, 0.25) is 5.15 Å². The van der Waals surface area contributed by atoms with Crippen LogP contribution in [0.4, 0.5) is 5.69 Å². The van der Waals surface area contributed by atoms with Crippen LogP contribution in [0.1, 0.15) is 5.56 Å². The first-order valence-corrected chi connectivity index (χ1v) is 7.94. The van der Waals surface area contributed by atoms with Crippen molar-refractivity contribution < 1.29 is 23.8 Å². The van der Waals surface area contributed by atoms with Gasteiger partial charge in [0.05, 0.1) is 12.1 Å². The highest BCUT2D eigenvalue weighted by molar-refractivity contribution is 6.32. The van der Waals surface area contributed by atoms with Gasteiger partial charge in [-0.25, -0.2) is 4.98 Å². The van der Waals surface area contributed by atoms with Crippen LogP contribution >= 0.6 is 11.6 Å². The lowest BCUT2D eigenvalue weighted by atomic mass is 10.1. The maximum Gasteiger partial charge on any atom is 0.310 e. The van der Waals surface area contributed by atoms with Crippen molar-refractivity contribution in [2.45, 2.75) is 6.42 Å². The van der Waals surface area contributed by atoms with Gasteiger partial charge < -0.3 is 19.5 Å². The predicted octanol–water partition coefficient (Wildman–Crippen LogP) is 2.23. The summed E-state index contributed by atoms with van der Waals surface area (Å²) < 4.78 is 15.9. The number of fused-ring (bicyclic) bond motifs is 1. The molecule has 25 heavy (non-hydrogen) atoms. The molecule has 0 saturated carbocycles. The molecular weight excluding hydrogens is 348 g/mol. The summed E-state index contributed by atoms with van der Waals surface area (Å²) in [6.45, 7) is 0.567. The van der Waals surface area contributed by atoms with E-state index in [0.29, 0.717) is 36.0 Å². The Morgan fingerprint density at radius 3 is 2.80 bits per heavy atom. The zero-order valence-corrected chi connectivity index (χ0v) is 13.9. The Hall–Kier alpha value is -2.80. The highest BCUT2D eigenvalue weighted by atomic mass is 35.5. The molecule has 1 aliphatic heterocycles. The number of esters is 1. The highest BCUT2D eigenvalue weighted by Crippen LogP contribution is 2.30. The number of rotatable bonds is 5. The third-order valence-electron chi connectivity index (χ3n) is 3.35. The molecule has 1 aromatic carbocycles. The number of halogens is 1. The number of benzene rings is 1. The molecule has 3 rings (SSSR count). The molecule has 0 spiro atoms. The smallest absolute Gasteiger partial charge is 0.310 e. The zero-order chi connectivity index (χ0) is 17.6. The summed E-state index contributed by atoms with van der Waals surface area (Å²) in [7, 11) is 0. The number of pyridine rings is 1. The van der Waals surface area contributed by atoms with E-state index in [1.54, 1.807) is 30.3 Å². The molecule has 0 saturated heterocycles. The number of anilines is 1. The second kappa shape index (κ2) is 7.85. The molecule has 8 heteroatoms. The molecule has 7 nitrogen and oxygen atoms in total. The molecule has 130 valence electrons. The van der Waals surface area contributed by atoms with Crippen molar-refractivity contribution >= 4 is 29.2 Å². The lowest BCUT2D eigenvalue weighted by Gasteiger charge is -2.18. The molecule has 0 unspecified atom stereocenters. The molecule has 0 bridgehead atoms. The van der Waals surface area contributed by atoms with Gasteiger partial charge in [-0.1, -0.05) is 17.7 Å². The summed E-state index contributed by atoms with van der Waals surface area (Å²) in [5.41, 5.74) is 1.07. The van der Waals surface area contributed by atoms with Gasteiger partial charge in [-0.3, -0.25) is 9.59 Å². The highest BCUT2D eigenvalue weighted by Gasteiger charge is 2.14. The van der Waals surface area contributed by atoms with Crippen molar-refractivity contribution in [3.8, 4) is 11.5 Å². The van der Waals surface area contributed by atoms with E-state index in [1.165, 1.54) is 6.20 Å². The van der Waals surface area contributed by atoms with Crippen LogP contribution in [-0.2, 0) is 20.7 Å². The van der Waals surface area contributed by atoms with Crippen LogP contribution in [0, 0.1) is 0 Å². The average molecular weight is 363 g/mol. The Labute approximate surface area is 148 Å². The minimum Gasteiger partial charge on any atom is -0.486 e. The number of carbonyl (C=O) groups is 2. The van der Waals surface area contributed by atoms with Crippen molar-refractivity contribution in [1.82, 2.24) is 4.98 Å². The third-order valence-corrected chi connectivity index (χ3v) is 3.65. The second-order valence-electron chi connectivity index (χ2n) is 5.21. The first kappa shape index (κ1) is 17.0. The number of ether oxygens (including phenoxy) is 3. The Morgan fingerprint density at radius 2 is 2.00 bits per heavy atom. The van der Waals surface area contributed by atoms with E-state index in [2.05, 4.69) is 10.3 Å². The van der Waals surface area contributed by atoms with Gasteiger partial charge in [0.15, 0.2) is 23.3 Å². The summed E-state index contributed by atoms with van der Waals surface area (Å²) in [5.74, 6) is 0.228. The van der Waals surface area contributed by atoms with Crippen LogP contribution < -0.4 is 14.8 Å². The van der Waals surface area contributed by atoms with E-state index < -0.39 is 18.5 Å². The van der Waals surface area contributed by atoms with Crippen LogP contribution in [0.5, 0.6) is 11.5 Å². The van der Waals surface area contributed by atoms with Gasteiger partial charge in [0.1, 0.15) is 13.2 Å². The summed E-state index contributed by atoms with van der Waals surface area (Å²) in [5, 5.41) is 2.69. The van der Waals surface area contributed by atoms with Crippen molar-refractivity contribution in [2.24, 2.45) is 0 Å². The molecule has 0 aliphatic carbocycles. The molecule has 1 N–H and O–H groups in total. The van der Waals surface area contributed by atoms with E-state index in [4.69, 9.17) is 25.8 Å². The Morgan fingerprint density at radius 1 is 1.20 bits per heavy atom. The minimum atomic E-state index is -0.524. The lowest BCUT2D eigenvalue weighted by molar-refractivity contribution is -0.146. The van der Waals surface area contributed by atoms with E-state index in [-0.39, 0.29) is 11.6 Å². The zero-order valence-electron chi connectivity index (χ0n) is 13.2. The molecule has 1 amide bonds. The van der Waals surface area contributed by atoms with Crippen LogP contribution in [0.3, 0.4) is 0 Å². The van der Waals surface area contributed by atoms with Crippen molar-refractivity contribution in [3.63, 3.8) is 0 Å². The van der Waals surface area contributed by atoms with Gasteiger partial charge in [-0.15, -0.1) is 0 Å². The van der Waals surface area contributed by atoms with Gasteiger partial charge >= 0.3 is 5.97 Å². The van der Waals surface area contributed by atoms with Gasteiger partial charge in [0, 0.05) is 6.20 Å². The van der Waals surface area contributed by atoms with E-state index in [9.17, 15) is 9.59 Å². The van der Waals surface area contributed by atoms with E-state index in [0.717, 1.165) is 0 Å². The maximum absolute atomic E-state index is 11.9. The number of amides is 1. The molecule has 2 heterocycles. The van der Waals surface area contributed by atoms with Gasteiger partial charge in [-0.05, 0) is 29.8 Å². The van der Waals surface area contributed by atoms with Crippen LogP contribution in [0.15, 0.2) is 36.5 Å². The molecule has 2 aromatic rings. The number of aromatic nitrogens is 1. The molecule has 1 aliphatic rings. The average Bonchev–Trinajstić information content (AvgIpc) is 2.62. The van der Waals surface area contributed by atoms with Gasteiger partial charge in [0.25, 0.3) is 5.91 Å². The van der Waals surface area contributed by atoms with E-state index >= 15 is 0 Å². The lowest BCUT2D eigenvalue weighted by Crippen LogP contribution is -2.22. The molecule has 1 aromatic heterocycles. The van der Waals surface area contributed by atoms with Crippen LogP contribution in [-0.4, -0.2) is 36.7 Å². The fourth-order valence-electron chi connectivity index (χ4n) is 2.23. The standard InChI is InChI=1S/C17H15ClN2O5/c18-17-12(2-1-5-19-17)20-15(21)10-25-16(22)9-11-3-4-13-14(8-11)24-7-6-23-13/h1-5,8H,6-7,9-10H2,(H,20,21). The largest absolute Gasteiger partial charge is 0.486 e. The van der Waals surface area contributed by atoms with Crippen molar-refractivity contribution in [2.75, 3.05) is 25.1 Å². The SMILES string of the molecule is O=C(COC(=O)Cc1ccc2c(c1)OCCO2)Nc1cccnc1Cl. The number of nitrogens with one attached hydrogen (secondary N) is 1. The Kier molecular flexibility index (Phi) is 5.35. The predicted molar refractivity (Wildman–Crippen MR) is 90.0 cm³/mol. The van der Waals surface area contributed by atoms with Crippen molar-refractivity contribution in [1.29, 1.82) is 0 Å². The molecule has 0 atom stereocenters. The van der Waals surface area contributed by atoms with Gasteiger partial charge in [-0.2, -0.15) is 0 Å². The summed E-state index contributed by atoms with van der Waals surface area (Å²) in [4.78, 5) is 27.5. The summed E-state index contributed by atoms with van der Waals surface area (Å²) in [6, 6.07) is 8.46. The topological polar surface area (TPSA) is 86.8 Å². The normalized spacial score (nSPS) is 12.4. The monoisotopic (exact) mass is 362 g/mol. The first-order chi connectivity index (χ1) is 12.1. The number of hydrogen-bond donors (Lipinski definition) is 1. The second-order valence-corrected chi connectivity index (χ2v) is 5.56. The maximum atomic E-state index is 11.9. The Balaban J connectivity index is 1.49. The Bertz CT molecular complexity index is 796. The van der Waals surface area contributed by atoms with E-state index in [1.807, 2.05) is 0 Å². The van der Waals surface area contributed by atoms with Crippen LogP contribution in [0.25, 0.3) is 0 Å². The number of nitrogens with zero attached hydrogens (tertiary/aromatic N) is 1. The molecule has 0 radical (unpaired) electrons. The fraction of sp³-hybridized carbons (Fsp3) is 0.235. The van der Waals surface area contributed by atoms with Crippen molar-refractivity contribution in [3.05, 3.63) is 47.2 Å². The third kappa shape index (κ3) is 4.60. The number of hydrogen-bond acceptors (Lipinski definition) is 6. The first-order valence-electron chi connectivity index (χ1n) is 7.56. The minimum absolute atomic E-state index is 0.0254. The summed E-state index contributed by atoms with van der Waals surface area (Å²) in [6.07, 6.45) is 1.53. The molecular formula is C17H15ClN2O5. The molecule has 0 fully saturated rings. The van der Waals surface area contributed by atoms with Gasteiger partial charge in [0.2, 0.25) is 0 Å². The quantitative estimate of drug-likeness (QED) is 0.648. The summed E-state index contributed by atoms with van der Waals surface area (Å²) >= 11 is 5.84. The fourth-order valence-corrected chi connectivity index (χ4v) is 2.39. The number of carbonyl (C=O) groups excluding carboxylic acids is 2.